The lowest BCUT2D eigenvalue weighted by molar-refractivity contribution is -0.680. The molecule has 3 aliphatic heterocycles. The molecule has 31 heavy (non-hydrogen) atoms. The van der Waals surface area contributed by atoms with Crippen LogP contribution in [0.4, 0.5) is 0 Å². The summed E-state index contributed by atoms with van der Waals surface area (Å²) in [5.41, 5.74) is 0.307. The maximum atomic E-state index is 12.5. The second-order valence-electron chi connectivity index (χ2n) is 8.79. The van der Waals surface area contributed by atoms with Gasteiger partial charge in [-0.05, 0) is 24.9 Å². The van der Waals surface area contributed by atoms with E-state index in [2.05, 4.69) is 9.88 Å². The number of fused-ring (bicyclic) bond motifs is 1. The molecule has 0 aromatic carbocycles. The van der Waals surface area contributed by atoms with Gasteiger partial charge in [0.2, 0.25) is 5.91 Å². The minimum Gasteiger partial charge on any atom is -0.393 e. The van der Waals surface area contributed by atoms with E-state index in [4.69, 9.17) is 11.6 Å². The van der Waals surface area contributed by atoms with Crippen LogP contribution in [0.2, 0.25) is 0 Å². The Kier molecular flexibility index (Phi) is 6.52. The zero-order chi connectivity index (χ0) is 22.4. The molecule has 4 rings (SSSR count). The Hall–Kier alpha value is -1.39. The van der Waals surface area contributed by atoms with E-state index in [0.717, 1.165) is 36.7 Å². The summed E-state index contributed by atoms with van der Waals surface area (Å²) in [7, 11) is 1.92. The minimum atomic E-state index is -0.746. The third-order valence-electron chi connectivity index (χ3n) is 6.84. The van der Waals surface area contributed by atoms with Gasteiger partial charge in [-0.25, -0.2) is 9.13 Å². The number of imidazole rings is 1. The molecule has 1 aromatic rings. The van der Waals surface area contributed by atoms with Gasteiger partial charge >= 0.3 is 0 Å². The highest BCUT2D eigenvalue weighted by Gasteiger charge is 2.59. The van der Waals surface area contributed by atoms with E-state index in [9.17, 15) is 19.8 Å². The molecule has 0 bridgehead atoms. The predicted octanol–water partition coefficient (Wildman–Crippen LogP) is 0.493. The largest absolute Gasteiger partial charge is 0.393 e. The van der Waals surface area contributed by atoms with Gasteiger partial charge in [-0.1, -0.05) is 6.92 Å². The van der Waals surface area contributed by atoms with Crippen molar-refractivity contribution in [3.05, 3.63) is 28.8 Å². The van der Waals surface area contributed by atoms with Crippen molar-refractivity contribution >= 4 is 34.5 Å². The van der Waals surface area contributed by atoms with Gasteiger partial charge in [0.15, 0.2) is 0 Å². The van der Waals surface area contributed by atoms with E-state index < -0.39 is 17.3 Å². The van der Waals surface area contributed by atoms with Crippen molar-refractivity contribution in [3.63, 3.8) is 0 Å². The van der Waals surface area contributed by atoms with Crippen LogP contribution in [0, 0.1) is 11.8 Å². The maximum absolute atomic E-state index is 12.5. The van der Waals surface area contributed by atoms with Gasteiger partial charge in [-0.3, -0.25) is 9.59 Å². The van der Waals surface area contributed by atoms with Crippen LogP contribution in [-0.2, 0) is 29.8 Å². The van der Waals surface area contributed by atoms with Crippen molar-refractivity contribution in [1.82, 2.24) is 14.8 Å². The zero-order valence-electron chi connectivity index (χ0n) is 18.0. The second kappa shape index (κ2) is 8.86. The van der Waals surface area contributed by atoms with E-state index in [1.165, 1.54) is 4.90 Å². The zero-order valence-corrected chi connectivity index (χ0v) is 19.6. The summed E-state index contributed by atoms with van der Waals surface area (Å²) in [6.07, 6.45) is 5.06. The molecule has 0 spiro atoms. The molecule has 2 saturated heterocycles. The smallest absolute Gasteiger partial charge is 0.282 e. The number of amides is 1. The molecule has 6 atom stereocenters. The van der Waals surface area contributed by atoms with Crippen molar-refractivity contribution in [2.45, 2.75) is 63.3 Å². The molecular weight excluding hydrogens is 440 g/mol. The summed E-state index contributed by atoms with van der Waals surface area (Å²) in [6.45, 7) is 5.28. The summed E-state index contributed by atoms with van der Waals surface area (Å²) in [5.74, 6) is 0.164. The minimum absolute atomic E-state index is 0.00514. The highest BCUT2D eigenvalue weighted by Crippen LogP contribution is 2.52. The number of aliphatic hydroxyl groups excluding tert-OH is 2. The van der Waals surface area contributed by atoms with Crippen LogP contribution in [0.25, 0.3) is 0 Å². The van der Waals surface area contributed by atoms with Crippen LogP contribution in [-0.4, -0.2) is 60.8 Å². The predicted molar refractivity (Wildman–Crippen MR) is 117 cm³/mol. The van der Waals surface area contributed by atoms with Crippen molar-refractivity contribution in [2.75, 3.05) is 6.54 Å². The average Bonchev–Trinajstić information content (AvgIpc) is 3.36. The number of rotatable bonds is 8. The number of thioether (sulfide) groups is 1. The Labute approximate surface area is 191 Å². The number of nitrogens with zero attached hydrogens (tertiary/aromatic N) is 3. The van der Waals surface area contributed by atoms with Gasteiger partial charge in [-0.2, -0.15) is 0 Å². The molecule has 0 aliphatic carbocycles. The van der Waals surface area contributed by atoms with Crippen LogP contribution in [0.15, 0.2) is 23.0 Å². The standard InChI is InChI=1S/C21H30ClN4O4S/c1-11-17-16(12(2)28)21(30)26(17)18(20(22)29)19(11)31-14-8-13(23-9-14)4-5-25-7-6-24(3)15(25)10-27/h6-7,11-14,16-17,23,27-28H,4-5,8-10H2,1-3H3/q+1/t11-,12-,13-,14+,16-,17-/m1/s1. The van der Waals surface area contributed by atoms with Crippen LogP contribution in [0.1, 0.15) is 32.5 Å². The number of hydrogen-bond donors (Lipinski definition) is 3. The molecule has 1 amide bonds. The van der Waals surface area contributed by atoms with E-state index in [-0.39, 0.29) is 29.7 Å². The number of halogens is 1. The first kappa shape index (κ1) is 22.8. The van der Waals surface area contributed by atoms with Gasteiger partial charge in [0.25, 0.3) is 11.1 Å². The fraction of sp³-hybridized carbons (Fsp3) is 0.667. The van der Waals surface area contributed by atoms with Crippen molar-refractivity contribution < 1.29 is 24.4 Å². The molecule has 0 saturated carbocycles. The molecule has 10 heteroatoms. The number of carbonyl (C=O) groups is 2. The number of aromatic nitrogens is 2. The summed E-state index contributed by atoms with van der Waals surface area (Å²) in [4.78, 5) is 27.1. The number of β-lactam (4-membered cyclic amide) rings is 1. The average molecular weight is 470 g/mol. The Morgan fingerprint density at radius 3 is 2.87 bits per heavy atom. The monoisotopic (exact) mass is 469 g/mol. The number of nitrogens with one attached hydrogen (secondary N) is 1. The summed E-state index contributed by atoms with van der Waals surface area (Å²) >= 11 is 7.53. The molecule has 8 nitrogen and oxygen atoms in total. The number of carbonyl (C=O) groups excluding carboxylic acids is 2. The van der Waals surface area contributed by atoms with Gasteiger partial charge < -0.3 is 20.4 Å². The van der Waals surface area contributed by atoms with Gasteiger partial charge in [0.1, 0.15) is 24.7 Å². The normalized spacial score (nSPS) is 31.2. The van der Waals surface area contributed by atoms with Crippen LogP contribution in [0.5, 0.6) is 0 Å². The van der Waals surface area contributed by atoms with Crippen LogP contribution in [0.3, 0.4) is 0 Å². The van der Waals surface area contributed by atoms with Crippen LogP contribution < -0.4 is 9.88 Å². The fourth-order valence-corrected chi connectivity index (χ4v) is 6.96. The van der Waals surface area contributed by atoms with Crippen molar-refractivity contribution in [1.29, 1.82) is 0 Å². The number of aliphatic hydroxyl groups is 2. The van der Waals surface area contributed by atoms with Gasteiger partial charge in [0, 0.05) is 35.1 Å². The Balaban J connectivity index is 1.40. The number of aryl methyl sites for hydroxylation is 2. The molecule has 3 N–H and O–H groups in total. The van der Waals surface area contributed by atoms with E-state index in [1.54, 1.807) is 18.7 Å². The van der Waals surface area contributed by atoms with E-state index in [0.29, 0.717) is 11.7 Å². The lowest BCUT2D eigenvalue weighted by Crippen LogP contribution is -2.63. The number of allylic oxidation sites excluding steroid dienone is 1. The molecule has 0 unspecified atom stereocenters. The van der Waals surface area contributed by atoms with Crippen LogP contribution >= 0.6 is 23.4 Å². The third kappa shape index (κ3) is 3.95. The van der Waals surface area contributed by atoms with Gasteiger partial charge in [0.05, 0.1) is 31.7 Å². The summed E-state index contributed by atoms with van der Waals surface area (Å²) in [6, 6.07) is 0.150. The number of hydrogen-bond acceptors (Lipinski definition) is 6. The molecular formula is C21H30ClN4O4S+. The lowest BCUT2D eigenvalue weighted by atomic mass is 9.79. The van der Waals surface area contributed by atoms with E-state index >= 15 is 0 Å². The van der Waals surface area contributed by atoms with Gasteiger partial charge in [-0.15, -0.1) is 11.8 Å². The molecule has 170 valence electrons. The lowest BCUT2D eigenvalue weighted by Gasteiger charge is -2.46. The van der Waals surface area contributed by atoms with Crippen molar-refractivity contribution in [2.24, 2.45) is 18.9 Å². The molecule has 0 radical (unpaired) electrons. The second-order valence-corrected chi connectivity index (χ2v) is 10.5. The fourth-order valence-electron chi connectivity index (χ4n) is 5.19. The molecule has 4 heterocycles. The molecule has 2 fully saturated rings. The first-order valence-electron chi connectivity index (χ1n) is 10.7. The maximum Gasteiger partial charge on any atom is 0.282 e. The Morgan fingerprint density at radius 2 is 2.23 bits per heavy atom. The molecule has 1 aromatic heterocycles. The first-order valence-corrected chi connectivity index (χ1v) is 12.0. The Morgan fingerprint density at radius 1 is 1.48 bits per heavy atom. The quantitative estimate of drug-likeness (QED) is 0.291. The highest BCUT2D eigenvalue weighted by molar-refractivity contribution is 8.03. The summed E-state index contributed by atoms with van der Waals surface area (Å²) in [5, 5.41) is 22.8. The molecule has 3 aliphatic rings. The summed E-state index contributed by atoms with van der Waals surface area (Å²) < 4.78 is 3.99. The topological polar surface area (TPSA) is 98.7 Å². The SMILES string of the molecule is C[C@@H](O)[C@H]1C(=O)N2C(C(=O)Cl)=C(S[C@@H]3CN[C@H](CCn4cc[n+](C)c4CO)C3)[C@H](C)[C@H]12. The van der Waals surface area contributed by atoms with Crippen molar-refractivity contribution in [3.8, 4) is 0 Å². The third-order valence-corrected chi connectivity index (χ3v) is 8.53. The Bertz CT molecular complexity index is 917. The first-order chi connectivity index (χ1) is 14.7. The van der Waals surface area contributed by atoms with E-state index in [1.807, 2.05) is 30.9 Å². The highest BCUT2D eigenvalue weighted by atomic mass is 35.5.